The molecule has 1 N–H and O–H groups in total. The Balaban J connectivity index is 2.00. The average molecular weight is 353 g/mol. The van der Waals surface area contributed by atoms with Crippen molar-refractivity contribution < 1.29 is 4.79 Å². The number of benzene rings is 1. The number of hydrogen-bond donors (Lipinski definition) is 1. The Bertz CT molecular complexity index is 957. The number of hydrogen-bond acceptors (Lipinski definition) is 3. The number of halogens is 1. The van der Waals surface area contributed by atoms with Crippen molar-refractivity contribution >= 4 is 46.4 Å². The van der Waals surface area contributed by atoms with Crippen molar-refractivity contribution in [3.05, 3.63) is 65.5 Å². The lowest BCUT2D eigenvalue weighted by Gasteiger charge is -2.02. The summed E-state index contributed by atoms with van der Waals surface area (Å²) in [6.07, 6.45) is 6.73. The van der Waals surface area contributed by atoms with E-state index in [1.807, 2.05) is 54.1 Å². The third-order valence-electron chi connectivity index (χ3n) is 3.67. The topological polar surface area (TPSA) is 59.8 Å². The van der Waals surface area contributed by atoms with Crippen LogP contribution in [0.4, 0.5) is 5.69 Å². The summed E-state index contributed by atoms with van der Waals surface area (Å²) in [7, 11) is 0. The van der Waals surface area contributed by atoms with Gasteiger partial charge in [-0.25, -0.2) is 9.67 Å². The summed E-state index contributed by atoms with van der Waals surface area (Å²) in [6, 6.07) is 9.42. The third kappa shape index (κ3) is 3.78. The zero-order chi connectivity index (χ0) is 17.8. The van der Waals surface area contributed by atoms with Crippen molar-refractivity contribution in [2.24, 2.45) is 0 Å². The zero-order valence-corrected chi connectivity index (χ0v) is 14.5. The highest BCUT2D eigenvalue weighted by Gasteiger charge is 2.10. The third-order valence-corrected chi connectivity index (χ3v) is 3.92. The fourth-order valence-electron chi connectivity index (χ4n) is 2.44. The largest absolute Gasteiger partial charge is 0.321 e. The van der Waals surface area contributed by atoms with E-state index in [4.69, 9.17) is 11.6 Å². The number of aromatic nitrogens is 3. The van der Waals surface area contributed by atoms with Crippen LogP contribution in [-0.2, 0) is 11.3 Å². The lowest BCUT2D eigenvalue weighted by atomic mass is 10.1. The van der Waals surface area contributed by atoms with Gasteiger partial charge in [0.2, 0.25) is 5.91 Å². The van der Waals surface area contributed by atoms with E-state index in [0.29, 0.717) is 17.3 Å². The SMILES string of the molecule is C=CC(=O)Nc1cnc2c(c1)c(C=Cc1ccc(Cl)cc1)nn2CC. The quantitative estimate of drug-likeness (QED) is 0.692. The molecule has 3 rings (SSSR count). The molecule has 2 heterocycles. The van der Waals surface area contributed by atoms with Crippen LogP contribution >= 0.6 is 11.6 Å². The maximum Gasteiger partial charge on any atom is 0.247 e. The normalized spacial score (nSPS) is 11.1. The number of carbonyl (C=O) groups excluding carboxylic acids is 1. The lowest BCUT2D eigenvalue weighted by molar-refractivity contribution is -0.111. The molecule has 0 atom stereocenters. The maximum atomic E-state index is 11.5. The predicted octanol–water partition coefficient (Wildman–Crippen LogP) is 4.40. The molecule has 6 heteroatoms. The summed E-state index contributed by atoms with van der Waals surface area (Å²) >= 11 is 5.91. The van der Waals surface area contributed by atoms with Crippen LogP contribution in [-0.4, -0.2) is 20.7 Å². The second-order valence-electron chi connectivity index (χ2n) is 5.37. The molecule has 0 aliphatic heterocycles. The van der Waals surface area contributed by atoms with E-state index in [1.165, 1.54) is 6.08 Å². The molecule has 0 radical (unpaired) electrons. The van der Waals surface area contributed by atoms with Gasteiger partial charge >= 0.3 is 0 Å². The second kappa shape index (κ2) is 7.32. The van der Waals surface area contributed by atoms with Crippen LogP contribution < -0.4 is 5.32 Å². The van der Waals surface area contributed by atoms with Crippen LogP contribution in [0.1, 0.15) is 18.2 Å². The molecule has 1 aromatic carbocycles. The van der Waals surface area contributed by atoms with Crippen LogP contribution in [0, 0.1) is 0 Å². The number of pyridine rings is 1. The molecule has 0 spiro atoms. The number of carbonyl (C=O) groups is 1. The molecule has 3 aromatic rings. The Kier molecular flexibility index (Phi) is 4.95. The van der Waals surface area contributed by atoms with Gasteiger partial charge in [0.1, 0.15) is 0 Å². The minimum atomic E-state index is -0.276. The highest BCUT2D eigenvalue weighted by Crippen LogP contribution is 2.23. The summed E-state index contributed by atoms with van der Waals surface area (Å²) in [5.41, 5.74) is 3.19. The highest BCUT2D eigenvalue weighted by molar-refractivity contribution is 6.30. The van der Waals surface area contributed by atoms with Gasteiger partial charge in [-0.05, 0) is 42.8 Å². The molecular formula is C19H17ClN4O. The predicted molar refractivity (Wildman–Crippen MR) is 102 cm³/mol. The molecule has 0 unspecified atom stereocenters. The minimum absolute atomic E-state index is 0.276. The Hall–Kier alpha value is -2.92. The van der Waals surface area contributed by atoms with Crippen molar-refractivity contribution in [3.63, 3.8) is 0 Å². The molecule has 0 fully saturated rings. The monoisotopic (exact) mass is 352 g/mol. The van der Waals surface area contributed by atoms with E-state index in [1.54, 1.807) is 6.20 Å². The number of fused-ring (bicyclic) bond motifs is 1. The molecule has 0 aliphatic carbocycles. The number of nitrogens with one attached hydrogen (secondary N) is 1. The van der Waals surface area contributed by atoms with E-state index in [-0.39, 0.29) is 5.91 Å². The molecule has 0 bridgehead atoms. The van der Waals surface area contributed by atoms with Crippen molar-refractivity contribution in [1.29, 1.82) is 0 Å². The summed E-state index contributed by atoms with van der Waals surface area (Å²) in [6.45, 7) is 6.17. The smallest absolute Gasteiger partial charge is 0.247 e. The van der Waals surface area contributed by atoms with Crippen molar-refractivity contribution in [1.82, 2.24) is 14.8 Å². The standard InChI is InChI=1S/C19H17ClN4O/c1-3-18(25)22-15-11-16-17(23-24(4-2)19(16)21-12-15)10-7-13-5-8-14(20)9-6-13/h3,5-12H,1,4H2,2H3,(H,22,25). The van der Waals surface area contributed by atoms with Crippen LogP contribution in [0.5, 0.6) is 0 Å². The van der Waals surface area contributed by atoms with Gasteiger partial charge in [0, 0.05) is 17.0 Å². The first-order chi connectivity index (χ1) is 12.1. The average Bonchev–Trinajstić information content (AvgIpc) is 2.98. The first-order valence-corrected chi connectivity index (χ1v) is 8.22. The molecule has 126 valence electrons. The van der Waals surface area contributed by atoms with Gasteiger partial charge < -0.3 is 5.32 Å². The van der Waals surface area contributed by atoms with E-state index in [9.17, 15) is 4.79 Å². The fourth-order valence-corrected chi connectivity index (χ4v) is 2.56. The van der Waals surface area contributed by atoms with Gasteiger partial charge in [-0.2, -0.15) is 5.10 Å². The Morgan fingerprint density at radius 3 is 2.76 bits per heavy atom. The maximum absolute atomic E-state index is 11.5. The van der Waals surface area contributed by atoms with Gasteiger partial charge in [-0.15, -0.1) is 0 Å². The van der Waals surface area contributed by atoms with Crippen molar-refractivity contribution in [2.75, 3.05) is 5.32 Å². The fraction of sp³-hybridized carbons (Fsp3) is 0.105. The van der Waals surface area contributed by atoms with Gasteiger partial charge in [0.05, 0.1) is 17.6 Å². The molecular weight excluding hydrogens is 336 g/mol. The highest BCUT2D eigenvalue weighted by atomic mass is 35.5. The lowest BCUT2D eigenvalue weighted by Crippen LogP contribution is -2.07. The Morgan fingerprint density at radius 2 is 2.08 bits per heavy atom. The molecule has 0 aliphatic rings. The van der Waals surface area contributed by atoms with Crippen LogP contribution in [0.2, 0.25) is 5.02 Å². The number of amides is 1. The number of nitrogens with zero attached hydrogens (tertiary/aromatic N) is 3. The van der Waals surface area contributed by atoms with Gasteiger partial charge in [-0.3, -0.25) is 4.79 Å². The molecule has 0 saturated carbocycles. The molecule has 5 nitrogen and oxygen atoms in total. The summed E-state index contributed by atoms with van der Waals surface area (Å²) < 4.78 is 1.83. The summed E-state index contributed by atoms with van der Waals surface area (Å²) in [5, 5.41) is 8.88. The number of aryl methyl sites for hydroxylation is 1. The Labute approximate surface area is 150 Å². The molecule has 2 aromatic heterocycles. The van der Waals surface area contributed by atoms with Crippen LogP contribution in [0.3, 0.4) is 0 Å². The molecule has 25 heavy (non-hydrogen) atoms. The number of anilines is 1. The van der Waals surface area contributed by atoms with Gasteiger partial charge in [-0.1, -0.05) is 36.4 Å². The Morgan fingerprint density at radius 1 is 1.32 bits per heavy atom. The first-order valence-electron chi connectivity index (χ1n) is 7.84. The van der Waals surface area contributed by atoms with Crippen LogP contribution in [0.15, 0.2) is 49.2 Å². The van der Waals surface area contributed by atoms with Crippen LogP contribution in [0.25, 0.3) is 23.2 Å². The van der Waals surface area contributed by atoms with Gasteiger partial charge in [0.25, 0.3) is 0 Å². The van der Waals surface area contributed by atoms with E-state index in [0.717, 1.165) is 22.3 Å². The van der Waals surface area contributed by atoms with Gasteiger partial charge in [0.15, 0.2) is 5.65 Å². The minimum Gasteiger partial charge on any atom is -0.321 e. The molecule has 0 saturated heterocycles. The van der Waals surface area contributed by atoms with E-state index in [2.05, 4.69) is 22.0 Å². The van der Waals surface area contributed by atoms with Crippen molar-refractivity contribution in [3.8, 4) is 0 Å². The zero-order valence-electron chi connectivity index (χ0n) is 13.7. The van der Waals surface area contributed by atoms with Crippen molar-refractivity contribution in [2.45, 2.75) is 13.5 Å². The van der Waals surface area contributed by atoms with E-state index >= 15 is 0 Å². The summed E-state index contributed by atoms with van der Waals surface area (Å²) in [5.74, 6) is -0.276. The number of rotatable bonds is 5. The summed E-state index contributed by atoms with van der Waals surface area (Å²) in [4.78, 5) is 15.9. The first kappa shape index (κ1) is 16.9. The molecule has 1 amide bonds. The van der Waals surface area contributed by atoms with E-state index < -0.39 is 0 Å². The second-order valence-corrected chi connectivity index (χ2v) is 5.81.